The third kappa shape index (κ3) is 5.34. The third-order valence-electron chi connectivity index (χ3n) is 7.78. The van der Waals surface area contributed by atoms with E-state index < -0.39 is 11.7 Å². The van der Waals surface area contributed by atoms with Crippen molar-refractivity contribution in [3.63, 3.8) is 0 Å². The third-order valence-corrected chi connectivity index (χ3v) is 8.72. The summed E-state index contributed by atoms with van der Waals surface area (Å²) < 4.78 is 6.45. The molecule has 0 bridgehead atoms. The van der Waals surface area contributed by atoms with E-state index in [1.165, 1.54) is 16.2 Å². The number of rotatable bonds is 4. The molecule has 2 aliphatic heterocycles. The molecular formula is C29H33N5O5S. The number of nitrogens with zero attached hydrogens (tertiary/aromatic N) is 4. The number of thiazole rings is 1. The van der Waals surface area contributed by atoms with Gasteiger partial charge >= 0.3 is 12.2 Å². The number of ether oxygens (including phenoxy) is 1. The van der Waals surface area contributed by atoms with Gasteiger partial charge in [0.15, 0.2) is 5.13 Å². The number of anilines is 2. The number of hydrogen-bond acceptors (Lipinski definition) is 7. The summed E-state index contributed by atoms with van der Waals surface area (Å²) in [7, 11) is 0. The fourth-order valence-electron chi connectivity index (χ4n) is 5.60. The molecule has 3 amide bonds. The Labute approximate surface area is 236 Å². The van der Waals surface area contributed by atoms with E-state index in [1.54, 1.807) is 11.1 Å². The number of pyridine rings is 1. The van der Waals surface area contributed by atoms with Gasteiger partial charge in [0.1, 0.15) is 5.60 Å². The highest BCUT2D eigenvalue weighted by Gasteiger charge is 2.41. The maximum atomic E-state index is 12.5. The Bertz CT molecular complexity index is 1490. The Morgan fingerprint density at radius 1 is 1.07 bits per heavy atom. The Hall–Kier alpha value is -3.73. The average Bonchev–Trinajstić information content (AvgIpc) is 3.57. The lowest BCUT2D eigenvalue weighted by molar-refractivity contribution is -0.117. The summed E-state index contributed by atoms with van der Waals surface area (Å²) in [6, 6.07) is 7.55. The topological polar surface area (TPSA) is 125 Å². The zero-order chi connectivity index (χ0) is 28.2. The summed E-state index contributed by atoms with van der Waals surface area (Å²) in [4.78, 5) is 49.5. The number of amides is 3. The van der Waals surface area contributed by atoms with Crippen LogP contribution in [-0.4, -0.2) is 62.8 Å². The van der Waals surface area contributed by atoms with Crippen LogP contribution < -0.4 is 10.2 Å². The summed E-state index contributed by atoms with van der Waals surface area (Å²) in [5, 5.41) is 13.7. The summed E-state index contributed by atoms with van der Waals surface area (Å²) >= 11 is 1.43. The number of hydrogen-bond donors (Lipinski definition) is 2. The molecule has 0 radical (unpaired) electrons. The van der Waals surface area contributed by atoms with Gasteiger partial charge in [-0.1, -0.05) is 17.4 Å². The average molecular weight is 564 g/mol. The van der Waals surface area contributed by atoms with E-state index in [1.807, 2.05) is 45.0 Å². The molecule has 1 aromatic carbocycles. The fraction of sp³-hybridized carbons (Fsp3) is 0.483. The first kappa shape index (κ1) is 26.5. The molecule has 3 aliphatic rings. The van der Waals surface area contributed by atoms with Crippen molar-refractivity contribution < 1.29 is 24.2 Å². The van der Waals surface area contributed by atoms with E-state index in [0.29, 0.717) is 43.2 Å². The standard InChI is InChI=1S/C29H33N5O5S/c1-29(2,3)39-28(38)33-10-8-16(9-11-33)22-14-21-23(34(22)27(36)37)12-19(15-30-21)18-6-7-20-24(13-18)40-26(31-20)32-25(35)17-4-5-17/h6-7,12-13,15-17,22H,4-5,8-11,14H2,1-3H3,(H,36,37)(H,31,32,35). The Kier molecular flexibility index (Phi) is 6.64. The number of fused-ring (bicyclic) bond motifs is 2. The van der Waals surface area contributed by atoms with Crippen LogP contribution in [0.4, 0.5) is 20.4 Å². The molecule has 10 nitrogen and oxygen atoms in total. The van der Waals surface area contributed by atoms with E-state index in [4.69, 9.17) is 4.74 Å². The van der Waals surface area contributed by atoms with Crippen molar-refractivity contribution in [3.8, 4) is 11.1 Å². The molecule has 1 saturated carbocycles. The van der Waals surface area contributed by atoms with Crippen LogP contribution in [0.25, 0.3) is 21.3 Å². The number of benzene rings is 1. The summed E-state index contributed by atoms with van der Waals surface area (Å²) in [5.41, 5.74) is 3.37. The van der Waals surface area contributed by atoms with Crippen molar-refractivity contribution in [2.75, 3.05) is 23.3 Å². The number of likely N-dealkylation sites (tertiary alicyclic amines) is 1. The molecule has 1 unspecified atom stereocenters. The predicted molar refractivity (Wildman–Crippen MR) is 153 cm³/mol. The molecule has 2 fully saturated rings. The van der Waals surface area contributed by atoms with Crippen LogP contribution in [0, 0.1) is 11.8 Å². The molecule has 11 heteroatoms. The molecular weight excluding hydrogens is 530 g/mol. The lowest BCUT2D eigenvalue weighted by atomic mass is 9.88. The largest absolute Gasteiger partial charge is 0.465 e. The maximum Gasteiger partial charge on any atom is 0.412 e. The van der Waals surface area contributed by atoms with Gasteiger partial charge in [0, 0.05) is 43.2 Å². The SMILES string of the molecule is CC(C)(C)OC(=O)N1CCC(C2Cc3ncc(-c4ccc5nc(NC(=O)C6CC6)sc5c4)cc3N2C(=O)O)CC1. The lowest BCUT2D eigenvalue weighted by Crippen LogP contribution is -2.48. The van der Waals surface area contributed by atoms with E-state index in [-0.39, 0.29) is 29.9 Å². The molecule has 3 aromatic rings. The summed E-state index contributed by atoms with van der Waals surface area (Å²) in [6.45, 7) is 6.62. The number of carbonyl (C=O) groups is 3. The van der Waals surface area contributed by atoms with Gasteiger partial charge in [-0.3, -0.25) is 14.7 Å². The highest BCUT2D eigenvalue weighted by atomic mass is 32.1. The number of nitrogens with one attached hydrogen (secondary N) is 1. The minimum Gasteiger partial charge on any atom is -0.465 e. The van der Waals surface area contributed by atoms with Gasteiger partial charge in [-0.2, -0.15) is 0 Å². The number of carbonyl (C=O) groups excluding carboxylic acids is 2. The van der Waals surface area contributed by atoms with Crippen molar-refractivity contribution in [3.05, 3.63) is 36.2 Å². The predicted octanol–water partition coefficient (Wildman–Crippen LogP) is 5.76. The van der Waals surface area contributed by atoms with Gasteiger partial charge in [0.2, 0.25) is 5.91 Å². The van der Waals surface area contributed by atoms with E-state index in [9.17, 15) is 19.5 Å². The van der Waals surface area contributed by atoms with Crippen LogP contribution in [0.15, 0.2) is 30.5 Å². The second-order valence-corrected chi connectivity index (χ2v) is 12.9. The van der Waals surface area contributed by atoms with Gasteiger partial charge in [-0.05, 0) is 76.1 Å². The number of piperidine rings is 1. The van der Waals surface area contributed by atoms with Gasteiger partial charge in [-0.15, -0.1) is 0 Å². The normalized spacial score (nSPS) is 19.5. The van der Waals surface area contributed by atoms with Crippen molar-refractivity contribution in [1.82, 2.24) is 14.9 Å². The highest BCUT2D eigenvalue weighted by Crippen LogP contribution is 2.40. The minimum absolute atomic E-state index is 0.0286. The van der Waals surface area contributed by atoms with Gasteiger partial charge in [-0.25, -0.2) is 14.6 Å². The lowest BCUT2D eigenvalue weighted by Gasteiger charge is -2.37. The molecule has 6 rings (SSSR count). The molecule has 2 aromatic heterocycles. The molecule has 0 spiro atoms. The highest BCUT2D eigenvalue weighted by molar-refractivity contribution is 7.22. The van der Waals surface area contributed by atoms with Crippen LogP contribution in [0.1, 0.15) is 52.1 Å². The first-order chi connectivity index (χ1) is 19.1. The van der Waals surface area contributed by atoms with Crippen LogP contribution in [0.5, 0.6) is 0 Å². The van der Waals surface area contributed by atoms with Crippen molar-refractivity contribution >= 4 is 50.5 Å². The molecule has 1 aliphatic carbocycles. The van der Waals surface area contributed by atoms with Crippen molar-refractivity contribution in [2.45, 2.75) is 64.5 Å². The Morgan fingerprint density at radius 3 is 2.50 bits per heavy atom. The van der Waals surface area contributed by atoms with Crippen molar-refractivity contribution in [2.24, 2.45) is 11.8 Å². The zero-order valence-corrected chi connectivity index (χ0v) is 23.7. The van der Waals surface area contributed by atoms with Gasteiger partial charge in [0.05, 0.1) is 21.6 Å². The minimum atomic E-state index is -0.994. The molecule has 1 atom stereocenters. The smallest absolute Gasteiger partial charge is 0.412 e. The molecule has 4 heterocycles. The maximum absolute atomic E-state index is 12.5. The summed E-state index contributed by atoms with van der Waals surface area (Å²) in [5.74, 6) is 0.254. The Balaban J connectivity index is 1.19. The van der Waals surface area contributed by atoms with Crippen LogP contribution >= 0.6 is 11.3 Å². The first-order valence-corrected chi connectivity index (χ1v) is 14.6. The second-order valence-electron chi connectivity index (χ2n) is 11.9. The van der Waals surface area contributed by atoms with Gasteiger partial charge in [0.25, 0.3) is 0 Å². The van der Waals surface area contributed by atoms with Crippen LogP contribution in [0.3, 0.4) is 0 Å². The number of aromatic nitrogens is 2. The quantitative estimate of drug-likeness (QED) is 0.413. The fourth-order valence-corrected chi connectivity index (χ4v) is 6.51. The molecule has 2 N–H and O–H groups in total. The molecule has 1 saturated heterocycles. The van der Waals surface area contributed by atoms with Crippen molar-refractivity contribution in [1.29, 1.82) is 0 Å². The Morgan fingerprint density at radius 2 is 1.82 bits per heavy atom. The van der Waals surface area contributed by atoms with Crippen LogP contribution in [-0.2, 0) is 16.0 Å². The number of carboxylic acid groups (broad SMARTS) is 1. The second kappa shape index (κ2) is 10.0. The van der Waals surface area contributed by atoms with E-state index >= 15 is 0 Å². The molecule has 210 valence electrons. The van der Waals surface area contributed by atoms with E-state index in [2.05, 4.69) is 15.3 Å². The first-order valence-electron chi connectivity index (χ1n) is 13.8. The van der Waals surface area contributed by atoms with Gasteiger partial charge < -0.3 is 20.1 Å². The van der Waals surface area contributed by atoms with Crippen LogP contribution in [0.2, 0.25) is 0 Å². The monoisotopic (exact) mass is 563 g/mol. The zero-order valence-electron chi connectivity index (χ0n) is 22.8. The summed E-state index contributed by atoms with van der Waals surface area (Å²) in [6.07, 6.45) is 4.31. The van der Waals surface area contributed by atoms with E-state index in [0.717, 1.165) is 39.9 Å². The molecule has 40 heavy (non-hydrogen) atoms.